The Morgan fingerprint density at radius 3 is 2.60 bits per heavy atom. The zero-order valence-corrected chi connectivity index (χ0v) is 9.08. The van der Waals surface area contributed by atoms with Gasteiger partial charge in [0.2, 0.25) is 5.95 Å². The van der Waals surface area contributed by atoms with Gasteiger partial charge in [0, 0.05) is 0 Å². The van der Waals surface area contributed by atoms with Gasteiger partial charge in [-0.05, 0) is 6.92 Å². The number of aromatic nitrogens is 3. The quantitative estimate of drug-likeness (QED) is 0.552. The number of H-pyrrole nitrogens is 1. The Balaban J connectivity index is 2.16. The first-order valence-electron chi connectivity index (χ1n) is 5.16. The van der Waals surface area contributed by atoms with Gasteiger partial charge in [-0.25, -0.2) is 0 Å². The average molecular weight is 210 g/mol. The van der Waals surface area contributed by atoms with Gasteiger partial charge in [-0.3, -0.25) is 9.78 Å². The number of quaternary nitrogens is 1. The highest BCUT2D eigenvalue weighted by Crippen LogP contribution is 2.01. The van der Waals surface area contributed by atoms with E-state index in [0.29, 0.717) is 11.6 Å². The molecule has 0 spiro atoms. The van der Waals surface area contributed by atoms with E-state index in [1.807, 2.05) is 0 Å². The van der Waals surface area contributed by atoms with Gasteiger partial charge in [0.25, 0.3) is 5.56 Å². The molecule has 0 aromatic carbocycles. The number of anilines is 1. The van der Waals surface area contributed by atoms with E-state index in [4.69, 9.17) is 0 Å². The number of hydrogen-bond donors (Lipinski definition) is 2. The van der Waals surface area contributed by atoms with Crippen LogP contribution in [0, 0.1) is 6.92 Å². The summed E-state index contributed by atoms with van der Waals surface area (Å²) < 4.78 is 0. The lowest BCUT2D eigenvalue weighted by molar-refractivity contribution is -0.880. The fraction of sp³-hybridized carbons (Fsp3) is 0.667. The Bertz CT molecular complexity index is 394. The predicted molar refractivity (Wildman–Crippen MR) is 56.2 cm³/mol. The molecule has 0 unspecified atom stereocenters. The second-order valence-electron chi connectivity index (χ2n) is 4.01. The van der Waals surface area contributed by atoms with Crippen LogP contribution in [-0.4, -0.2) is 48.4 Å². The van der Waals surface area contributed by atoms with E-state index in [1.54, 1.807) is 6.92 Å². The van der Waals surface area contributed by atoms with Gasteiger partial charge in [0.15, 0.2) is 0 Å². The minimum Gasteiger partial charge on any atom is -0.334 e. The van der Waals surface area contributed by atoms with Gasteiger partial charge in [-0.2, -0.15) is 0 Å². The summed E-state index contributed by atoms with van der Waals surface area (Å²) >= 11 is 0. The molecule has 1 fully saturated rings. The van der Waals surface area contributed by atoms with E-state index >= 15 is 0 Å². The van der Waals surface area contributed by atoms with Crippen molar-refractivity contribution in [3.05, 3.63) is 16.0 Å². The summed E-state index contributed by atoms with van der Waals surface area (Å²) in [4.78, 5) is 17.7. The van der Waals surface area contributed by atoms with Crippen LogP contribution in [0.5, 0.6) is 0 Å². The van der Waals surface area contributed by atoms with Crippen molar-refractivity contribution in [3.8, 4) is 0 Å². The summed E-state index contributed by atoms with van der Waals surface area (Å²) in [6.07, 6.45) is 0. The number of aromatic amines is 1. The van der Waals surface area contributed by atoms with Crippen molar-refractivity contribution in [3.63, 3.8) is 0 Å². The van der Waals surface area contributed by atoms with Crippen molar-refractivity contribution in [1.29, 1.82) is 0 Å². The summed E-state index contributed by atoms with van der Waals surface area (Å²) in [6.45, 7) is 5.62. The topological polar surface area (TPSA) is 66.3 Å². The summed E-state index contributed by atoms with van der Waals surface area (Å²) in [6, 6.07) is 0. The molecule has 1 aliphatic heterocycles. The molecule has 82 valence electrons. The van der Waals surface area contributed by atoms with Crippen molar-refractivity contribution in [2.24, 2.45) is 0 Å². The lowest BCUT2D eigenvalue weighted by Gasteiger charge is -2.29. The van der Waals surface area contributed by atoms with Gasteiger partial charge < -0.3 is 9.80 Å². The summed E-state index contributed by atoms with van der Waals surface area (Å²) in [7, 11) is 2.17. The number of likely N-dealkylation sites (N-methyl/N-ethyl adjacent to an activating group) is 1. The molecule has 0 saturated carbocycles. The van der Waals surface area contributed by atoms with Crippen molar-refractivity contribution < 1.29 is 4.90 Å². The number of hydrogen-bond acceptors (Lipinski definition) is 4. The zero-order chi connectivity index (χ0) is 10.8. The molecular formula is C9H16N5O+. The molecule has 2 rings (SSSR count). The highest BCUT2D eigenvalue weighted by atomic mass is 16.1. The normalized spacial score (nSPS) is 18.1. The van der Waals surface area contributed by atoms with Gasteiger partial charge in [0.1, 0.15) is 5.69 Å². The fourth-order valence-corrected chi connectivity index (χ4v) is 1.63. The van der Waals surface area contributed by atoms with E-state index in [2.05, 4.69) is 27.1 Å². The molecule has 0 amide bonds. The molecule has 0 radical (unpaired) electrons. The molecule has 1 aliphatic rings. The maximum atomic E-state index is 11.4. The minimum atomic E-state index is -0.147. The number of nitrogens with zero attached hydrogens (tertiary/aromatic N) is 3. The number of nitrogens with one attached hydrogen (secondary N) is 2. The largest absolute Gasteiger partial charge is 0.334 e. The third kappa shape index (κ3) is 2.15. The van der Waals surface area contributed by atoms with Crippen LogP contribution < -0.4 is 15.4 Å². The SMILES string of the molecule is Cc1nnc(N2CC[NH+](C)CC2)[nH]c1=O. The molecule has 1 aromatic heterocycles. The molecule has 0 bridgehead atoms. The zero-order valence-electron chi connectivity index (χ0n) is 9.08. The second kappa shape index (κ2) is 3.98. The van der Waals surface area contributed by atoms with Crippen LogP contribution in [0.2, 0.25) is 0 Å². The van der Waals surface area contributed by atoms with Crippen LogP contribution in [0.15, 0.2) is 4.79 Å². The molecule has 6 nitrogen and oxygen atoms in total. The van der Waals surface area contributed by atoms with E-state index in [9.17, 15) is 4.79 Å². The average Bonchev–Trinajstić information content (AvgIpc) is 2.23. The number of rotatable bonds is 1. The van der Waals surface area contributed by atoms with Gasteiger partial charge >= 0.3 is 0 Å². The fourth-order valence-electron chi connectivity index (χ4n) is 1.63. The van der Waals surface area contributed by atoms with Crippen molar-refractivity contribution in [2.45, 2.75) is 6.92 Å². The Labute approximate surface area is 87.9 Å². The number of piperazine rings is 1. The first-order valence-corrected chi connectivity index (χ1v) is 5.16. The Morgan fingerprint density at radius 1 is 1.33 bits per heavy atom. The Hall–Kier alpha value is -1.43. The Kier molecular flexibility index (Phi) is 2.68. The summed E-state index contributed by atoms with van der Waals surface area (Å²) in [5.74, 6) is 0.595. The van der Waals surface area contributed by atoms with Crippen molar-refractivity contribution in [1.82, 2.24) is 15.2 Å². The molecule has 2 heterocycles. The monoisotopic (exact) mass is 210 g/mol. The van der Waals surface area contributed by atoms with Crippen LogP contribution in [0.4, 0.5) is 5.95 Å². The molecule has 1 saturated heterocycles. The van der Waals surface area contributed by atoms with E-state index in [-0.39, 0.29) is 5.56 Å². The minimum absolute atomic E-state index is 0.147. The lowest BCUT2D eigenvalue weighted by atomic mass is 10.3. The van der Waals surface area contributed by atoms with Crippen LogP contribution >= 0.6 is 0 Å². The van der Waals surface area contributed by atoms with Gasteiger partial charge in [-0.15, -0.1) is 10.2 Å². The first kappa shape index (κ1) is 10.1. The van der Waals surface area contributed by atoms with E-state index in [1.165, 1.54) is 4.90 Å². The molecule has 15 heavy (non-hydrogen) atoms. The molecule has 0 atom stereocenters. The smallest absolute Gasteiger partial charge is 0.273 e. The van der Waals surface area contributed by atoms with E-state index < -0.39 is 0 Å². The second-order valence-corrected chi connectivity index (χ2v) is 4.01. The highest BCUT2D eigenvalue weighted by molar-refractivity contribution is 5.27. The third-order valence-corrected chi connectivity index (χ3v) is 2.77. The molecular weight excluding hydrogens is 194 g/mol. The molecule has 6 heteroatoms. The summed E-state index contributed by atoms with van der Waals surface area (Å²) in [5.41, 5.74) is 0.268. The van der Waals surface area contributed by atoms with Crippen LogP contribution in [0.1, 0.15) is 5.69 Å². The maximum Gasteiger partial charge on any atom is 0.273 e. The lowest BCUT2D eigenvalue weighted by Crippen LogP contribution is -3.12. The van der Waals surface area contributed by atoms with E-state index in [0.717, 1.165) is 26.2 Å². The predicted octanol–water partition coefficient (Wildman–Crippen LogP) is -2.19. The Morgan fingerprint density at radius 2 is 2.00 bits per heavy atom. The molecule has 2 N–H and O–H groups in total. The molecule has 1 aromatic rings. The third-order valence-electron chi connectivity index (χ3n) is 2.77. The number of aryl methyl sites for hydroxylation is 1. The maximum absolute atomic E-state index is 11.4. The first-order chi connectivity index (χ1) is 7.16. The van der Waals surface area contributed by atoms with Crippen LogP contribution in [0.25, 0.3) is 0 Å². The van der Waals surface area contributed by atoms with Crippen molar-refractivity contribution >= 4 is 5.95 Å². The van der Waals surface area contributed by atoms with Crippen molar-refractivity contribution in [2.75, 3.05) is 38.1 Å². The summed E-state index contributed by atoms with van der Waals surface area (Å²) in [5, 5.41) is 7.83. The van der Waals surface area contributed by atoms with Gasteiger partial charge in [-0.1, -0.05) is 0 Å². The van der Waals surface area contributed by atoms with Crippen LogP contribution in [-0.2, 0) is 0 Å². The molecule has 0 aliphatic carbocycles. The highest BCUT2D eigenvalue weighted by Gasteiger charge is 2.18. The standard InChI is InChI=1S/C9H15N5O/c1-7-8(15)10-9(12-11-7)14-5-3-13(2)4-6-14/h3-6H2,1-2H3,(H,10,12,15)/p+1. The van der Waals surface area contributed by atoms with Crippen LogP contribution in [0.3, 0.4) is 0 Å². The van der Waals surface area contributed by atoms with Gasteiger partial charge in [0.05, 0.1) is 33.2 Å².